The number of hydrogen-bond donors (Lipinski definition) is 1. The van der Waals surface area contributed by atoms with Crippen LogP contribution in [0.2, 0.25) is 0 Å². The third kappa shape index (κ3) is 3.71. The summed E-state index contributed by atoms with van der Waals surface area (Å²) in [5.74, 6) is 2.02. The lowest BCUT2D eigenvalue weighted by Gasteiger charge is -2.25. The number of hydrogen-bond acceptors (Lipinski definition) is 4. The van der Waals surface area contributed by atoms with E-state index in [0.717, 1.165) is 35.5 Å². The average Bonchev–Trinajstić information content (AvgIpc) is 2.96. The first kappa shape index (κ1) is 14.7. The minimum Gasteiger partial charge on any atom is -0.339 e. The molecule has 1 aliphatic rings. The standard InChI is InChI=1S/C16H20BrN3O/c1-18-14-7-5-12(6-8-14)16-19-15(20-21-16)10-11-3-2-4-13(17)9-11/h2-4,9,12,14,18H,5-8,10H2,1H3. The molecule has 0 aliphatic heterocycles. The fourth-order valence-corrected chi connectivity index (χ4v) is 3.41. The Morgan fingerprint density at radius 2 is 2.10 bits per heavy atom. The predicted molar refractivity (Wildman–Crippen MR) is 85.3 cm³/mol. The van der Waals surface area contributed by atoms with Crippen molar-refractivity contribution in [3.8, 4) is 0 Å². The Morgan fingerprint density at radius 3 is 2.81 bits per heavy atom. The van der Waals surface area contributed by atoms with Gasteiger partial charge in [-0.1, -0.05) is 33.2 Å². The predicted octanol–water partition coefficient (Wildman–Crippen LogP) is 3.67. The van der Waals surface area contributed by atoms with Gasteiger partial charge in [0, 0.05) is 22.9 Å². The van der Waals surface area contributed by atoms with Crippen LogP contribution < -0.4 is 5.32 Å². The summed E-state index contributed by atoms with van der Waals surface area (Å²) in [7, 11) is 2.04. The molecule has 1 fully saturated rings. The highest BCUT2D eigenvalue weighted by atomic mass is 79.9. The first-order valence-electron chi connectivity index (χ1n) is 7.49. The summed E-state index contributed by atoms with van der Waals surface area (Å²) in [5.41, 5.74) is 1.19. The first-order valence-corrected chi connectivity index (χ1v) is 8.28. The highest BCUT2D eigenvalue weighted by molar-refractivity contribution is 9.10. The van der Waals surface area contributed by atoms with Crippen molar-refractivity contribution in [1.82, 2.24) is 15.5 Å². The molecule has 1 N–H and O–H groups in total. The van der Waals surface area contributed by atoms with Gasteiger partial charge < -0.3 is 9.84 Å². The third-order valence-electron chi connectivity index (χ3n) is 4.22. The van der Waals surface area contributed by atoms with E-state index in [0.29, 0.717) is 12.0 Å². The molecule has 0 unspecified atom stereocenters. The number of rotatable bonds is 4. The van der Waals surface area contributed by atoms with Crippen LogP contribution in [0.15, 0.2) is 33.3 Å². The molecule has 0 atom stereocenters. The minimum atomic E-state index is 0.429. The van der Waals surface area contributed by atoms with E-state index in [1.165, 1.54) is 18.4 Å². The topological polar surface area (TPSA) is 51.0 Å². The van der Waals surface area contributed by atoms with Crippen LogP contribution in [0.4, 0.5) is 0 Å². The number of nitrogens with one attached hydrogen (secondary N) is 1. The van der Waals surface area contributed by atoms with Crippen LogP contribution in [0, 0.1) is 0 Å². The summed E-state index contributed by atoms with van der Waals surface area (Å²) in [6.07, 6.45) is 5.35. The summed E-state index contributed by atoms with van der Waals surface area (Å²) < 4.78 is 6.56. The first-order chi connectivity index (χ1) is 10.2. The molecule has 2 aromatic rings. The van der Waals surface area contributed by atoms with Crippen LogP contribution in [0.1, 0.15) is 48.9 Å². The second-order valence-electron chi connectivity index (χ2n) is 5.69. The van der Waals surface area contributed by atoms with Gasteiger partial charge in [0.1, 0.15) is 0 Å². The molecule has 112 valence electrons. The molecule has 4 nitrogen and oxygen atoms in total. The Bertz CT molecular complexity index is 591. The van der Waals surface area contributed by atoms with E-state index < -0.39 is 0 Å². The van der Waals surface area contributed by atoms with E-state index in [2.05, 4.69) is 43.5 Å². The molecular formula is C16H20BrN3O. The fourth-order valence-electron chi connectivity index (χ4n) is 2.96. The largest absolute Gasteiger partial charge is 0.339 e. The van der Waals surface area contributed by atoms with Crippen LogP contribution in [0.5, 0.6) is 0 Å². The molecule has 0 spiro atoms. The monoisotopic (exact) mass is 349 g/mol. The third-order valence-corrected chi connectivity index (χ3v) is 4.71. The number of nitrogens with zero attached hydrogens (tertiary/aromatic N) is 2. The highest BCUT2D eigenvalue weighted by Gasteiger charge is 2.25. The summed E-state index contributed by atoms with van der Waals surface area (Å²) in [6.45, 7) is 0. The van der Waals surface area contributed by atoms with Crippen molar-refractivity contribution in [1.29, 1.82) is 0 Å². The van der Waals surface area contributed by atoms with Gasteiger partial charge in [0.15, 0.2) is 5.82 Å². The zero-order valence-corrected chi connectivity index (χ0v) is 13.8. The van der Waals surface area contributed by atoms with Gasteiger partial charge in [0.25, 0.3) is 0 Å². The highest BCUT2D eigenvalue weighted by Crippen LogP contribution is 2.31. The normalized spacial score (nSPS) is 22.4. The fraction of sp³-hybridized carbons (Fsp3) is 0.500. The summed E-state index contributed by atoms with van der Waals surface area (Å²) in [5, 5.41) is 7.49. The van der Waals surface area contributed by atoms with Gasteiger partial charge in [-0.2, -0.15) is 4.98 Å². The average molecular weight is 350 g/mol. The molecule has 21 heavy (non-hydrogen) atoms. The van der Waals surface area contributed by atoms with E-state index >= 15 is 0 Å². The van der Waals surface area contributed by atoms with Crippen molar-refractivity contribution in [2.75, 3.05) is 7.05 Å². The van der Waals surface area contributed by atoms with Gasteiger partial charge in [-0.25, -0.2) is 0 Å². The Hall–Kier alpha value is -1.20. The number of halogens is 1. The molecule has 1 aromatic carbocycles. The van der Waals surface area contributed by atoms with Crippen molar-refractivity contribution in [2.24, 2.45) is 0 Å². The van der Waals surface area contributed by atoms with Gasteiger partial charge in [0.05, 0.1) is 0 Å². The summed E-state index contributed by atoms with van der Waals surface area (Å²) >= 11 is 3.49. The maximum atomic E-state index is 5.48. The molecule has 0 radical (unpaired) electrons. The second kappa shape index (κ2) is 6.71. The molecular weight excluding hydrogens is 330 g/mol. The molecule has 1 saturated carbocycles. The van der Waals surface area contributed by atoms with Crippen LogP contribution >= 0.6 is 15.9 Å². The molecule has 1 aromatic heterocycles. The van der Waals surface area contributed by atoms with Crippen molar-refractivity contribution < 1.29 is 4.52 Å². The van der Waals surface area contributed by atoms with E-state index in [9.17, 15) is 0 Å². The maximum Gasteiger partial charge on any atom is 0.229 e. The van der Waals surface area contributed by atoms with Crippen molar-refractivity contribution in [3.05, 3.63) is 46.0 Å². The SMILES string of the molecule is CNC1CCC(c2nc(Cc3cccc(Br)c3)no2)CC1. The summed E-state index contributed by atoms with van der Waals surface area (Å²) in [4.78, 5) is 4.60. The van der Waals surface area contributed by atoms with E-state index in [1.807, 2.05) is 19.2 Å². The van der Waals surface area contributed by atoms with Gasteiger partial charge in [-0.3, -0.25) is 0 Å². The van der Waals surface area contributed by atoms with Crippen LogP contribution in [0.25, 0.3) is 0 Å². The zero-order valence-electron chi connectivity index (χ0n) is 12.2. The lowest BCUT2D eigenvalue weighted by Crippen LogP contribution is -2.29. The Balaban J connectivity index is 1.64. The smallest absolute Gasteiger partial charge is 0.229 e. The van der Waals surface area contributed by atoms with Gasteiger partial charge >= 0.3 is 0 Å². The molecule has 1 aliphatic carbocycles. The molecule has 1 heterocycles. The quantitative estimate of drug-likeness (QED) is 0.914. The van der Waals surface area contributed by atoms with Gasteiger partial charge in [0.2, 0.25) is 5.89 Å². The summed E-state index contributed by atoms with van der Waals surface area (Å²) in [6, 6.07) is 8.86. The van der Waals surface area contributed by atoms with Crippen LogP contribution in [-0.4, -0.2) is 23.2 Å². The van der Waals surface area contributed by atoms with Crippen molar-refractivity contribution in [3.63, 3.8) is 0 Å². The van der Waals surface area contributed by atoms with Crippen LogP contribution in [-0.2, 0) is 6.42 Å². The van der Waals surface area contributed by atoms with Gasteiger partial charge in [-0.15, -0.1) is 0 Å². The Labute approximate surface area is 133 Å². The van der Waals surface area contributed by atoms with E-state index in [1.54, 1.807) is 0 Å². The second-order valence-corrected chi connectivity index (χ2v) is 6.61. The number of aromatic nitrogens is 2. The maximum absolute atomic E-state index is 5.48. The Kier molecular flexibility index (Phi) is 4.70. The molecule has 5 heteroatoms. The molecule has 0 saturated heterocycles. The lowest BCUT2D eigenvalue weighted by molar-refractivity contribution is 0.288. The molecule has 0 amide bonds. The number of benzene rings is 1. The zero-order chi connectivity index (χ0) is 14.7. The van der Waals surface area contributed by atoms with E-state index in [-0.39, 0.29) is 0 Å². The van der Waals surface area contributed by atoms with Crippen molar-refractivity contribution in [2.45, 2.75) is 44.1 Å². The van der Waals surface area contributed by atoms with Crippen molar-refractivity contribution >= 4 is 15.9 Å². The molecule has 0 bridgehead atoms. The molecule has 3 rings (SSSR count). The minimum absolute atomic E-state index is 0.429. The van der Waals surface area contributed by atoms with Crippen LogP contribution in [0.3, 0.4) is 0 Å². The Morgan fingerprint density at radius 1 is 1.29 bits per heavy atom. The van der Waals surface area contributed by atoms with Gasteiger partial charge in [-0.05, 0) is 50.4 Å². The van der Waals surface area contributed by atoms with E-state index in [4.69, 9.17) is 4.52 Å². The lowest BCUT2D eigenvalue weighted by atomic mass is 9.86.